The summed E-state index contributed by atoms with van der Waals surface area (Å²) in [7, 11) is 0. The van der Waals surface area contributed by atoms with E-state index in [9.17, 15) is 4.79 Å². The maximum atomic E-state index is 12.7. The van der Waals surface area contributed by atoms with Crippen molar-refractivity contribution in [2.45, 2.75) is 24.9 Å². The molecular formula is C20H28N6O2. The van der Waals surface area contributed by atoms with Crippen LogP contribution >= 0.6 is 0 Å². The SMILES string of the molecule is O=C(NCC(c1ccccc1)N1CCOCC1)c1cn(C2CCNCC2)nn1. The van der Waals surface area contributed by atoms with E-state index in [0.717, 1.165) is 52.2 Å². The Bertz CT molecular complexity index is 753. The summed E-state index contributed by atoms with van der Waals surface area (Å²) in [6, 6.07) is 10.7. The van der Waals surface area contributed by atoms with Gasteiger partial charge in [-0.15, -0.1) is 5.10 Å². The van der Waals surface area contributed by atoms with Crippen molar-refractivity contribution in [3.8, 4) is 0 Å². The van der Waals surface area contributed by atoms with Crippen molar-refractivity contribution in [3.05, 3.63) is 47.8 Å². The molecule has 1 aromatic heterocycles. The summed E-state index contributed by atoms with van der Waals surface area (Å²) in [5.74, 6) is -0.172. The average molecular weight is 384 g/mol. The van der Waals surface area contributed by atoms with Crippen LogP contribution < -0.4 is 10.6 Å². The lowest BCUT2D eigenvalue weighted by molar-refractivity contribution is 0.0162. The number of nitrogens with one attached hydrogen (secondary N) is 2. The first kappa shape index (κ1) is 19.0. The largest absolute Gasteiger partial charge is 0.379 e. The molecule has 4 rings (SSSR count). The molecule has 3 heterocycles. The summed E-state index contributed by atoms with van der Waals surface area (Å²) in [6.07, 6.45) is 3.80. The van der Waals surface area contributed by atoms with Crippen molar-refractivity contribution in [3.63, 3.8) is 0 Å². The Kier molecular flexibility index (Phi) is 6.31. The van der Waals surface area contributed by atoms with Gasteiger partial charge in [0.05, 0.1) is 31.5 Å². The van der Waals surface area contributed by atoms with Crippen LogP contribution in [0, 0.1) is 0 Å². The number of aromatic nitrogens is 3. The summed E-state index contributed by atoms with van der Waals surface area (Å²) in [5, 5.41) is 14.7. The van der Waals surface area contributed by atoms with Crippen LogP contribution in [-0.4, -0.2) is 71.7 Å². The molecular weight excluding hydrogens is 356 g/mol. The van der Waals surface area contributed by atoms with Gasteiger partial charge in [0.15, 0.2) is 5.69 Å². The number of hydrogen-bond acceptors (Lipinski definition) is 6. The van der Waals surface area contributed by atoms with E-state index in [4.69, 9.17) is 4.74 Å². The van der Waals surface area contributed by atoms with Crippen LogP contribution in [0.2, 0.25) is 0 Å². The molecule has 0 bridgehead atoms. The number of benzene rings is 1. The molecule has 28 heavy (non-hydrogen) atoms. The van der Waals surface area contributed by atoms with Gasteiger partial charge in [0.1, 0.15) is 0 Å². The smallest absolute Gasteiger partial charge is 0.273 e. The van der Waals surface area contributed by atoms with Gasteiger partial charge in [-0.3, -0.25) is 9.69 Å². The molecule has 0 spiro atoms. The number of carbonyl (C=O) groups excluding carboxylic acids is 1. The highest BCUT2D eigenvalue weighted by molar-refractivity contribution is 5.91. The number of nitrogens with zero attached hydrogens (tertiary/aromatic N) is 4. The second-order valence-corrected chi connectivity index (χ2v) is 7.35. The number of amides is 1. The summed E-state index contributed by atoms with van der Waals surface area (Å²) in [5.41, 5.74) is 1.58. The van der Waals surface area contributed by atoms with Gasteiger partial charge in [-0.25, -0.2) is 4.68 Å². The van der Waals surface area contributed by atoms with Crippen LogP contribution in [0.5, 0.6) is 0 Å². The molecule has 2 aliphatic rings. The molecule has 0 saturated carbocycles. The minimum Gasteiger partial charge on any atom is -0.379 e. The second-order valence-electron chi connectivity index (χ2n) is 7.35. The van der Waals surface area contributed by atoms with E-state index in [2.05, 4.69) is 38.0 Å². The average Bonchev–Trinajstić information content (AvgIpc) is 3.26. The Morgan fingerprint density at radius 3 is 2.71 bits per heavy atom. The van der Waals surface area contributed by atoms with E-state index in [1.165, 1.54) is 5.56 Å². The van der Waals surface area contributed by atoms with Gasteiger partial charge in [-0.1, -0.05) is 35.5 Å². The zero-order chi connectivity index (χ0) is 19.2. The van der Waals surface area contributed by atoms with Crippen LogP contribution in [0.4, 0.5) is 0 Å². The van der Waals surface area contributed by atoms with E-state index in [-0.39, 0.29) is 11.9 Å². The van der Waals surface area contributed by atoms with Crippen LogP contribution in [0.3, 0.4) is 0 Å². The molecule has 2 saturated heterocycles. The fourth-order valence-electron chi connectivity index (χ4n) is 3.93. The lowest BCUT2D eigenvalue weighted by Gasteiger charge is -2.34. The molecule has 1 unspecified atom stereocenters. The van der Waals surface area contributed by atoms with Crippen LogP contribution in [0.1, 0.15) is 41.0 Å². The maximum absolute atomic E-state index is 12.7. The highest BCUT2D eigenvalue weighted by Crippen LogP contribution is 2.21. The predicted octanol–water partition coefficient (Wildman–Crippen LogP) is 1.01. The number of hydrogen-bond donors (Lipinski definition) is 2. The Labute approximate surface area is 165 Å². The first-order valence-electron chi connectivity index (χ1n) is 10.1. The third-order valence-electron chi connectivity index (χ3n) is 5.55. The lowest BCUT2D eigenvalue weighted by atomic mass is 10.0. The van der Waals surface area contributed by atoms with E-state index in [1.54, 1.807) is 6.20 Å². The van der Waals surface area contributed by atoms with Crippen LogP contribution in [0.15, 0.2) is 36.5 Å². The topological polar surface area (TPSA) is 84.3 Å². The number of rotatable bonds is 6. The second kappa shape index (κ2) is 9.27. The molecule has 2 aromatic rings. The third-order valence-corrected chi connectivity index (χ3v) is 5.55. The standard InChI is InChI=1S/C20H28N6O2/c27-20(18-15-26(24-23-18)17-6-8-21-9-7-17)22-14-19(16-4-2-1-3-5-16)25-10-12-28-13-11-25/h1-5,15,17,19,21H,6-14H2,(H,22,27). The molecule has 1 atom stereocenters. The van der Waals surface area contributed by atoms with E-state index in [0.29, 0.717) is 18.3 Å². The maximum Gasteiger partial charge on any atom is 0.273 e. The Morgan fingerprint density at radius 1 is 1.21 bits per heavy atom. The van der Waals surface area contributed by atoms with Gasteiger partial charge < -0.3 is 15.4 Å². The minimum atomic E-state index is -0.172. The molecule has 0 aliphatic carbocycles. The van der Waals surface area contributed by atoms with Crippen molar-refractivity contribution in [2.75, 3.05) is 45.9 Å². The van der Waals surface area contributed by atoms with Crippen molar-refractivity contribution >= 4 is 5.91 Å². The minimum absolute atomic E-state index is 0.119. The zero-order valence-electron chi connectivity index (χ0n) is 16.1. The Morgan fingerprint density at radius 2 is 1.96 bits per heavy atom. The van der Waals surface area contributed by atoms with Gasteiger partial charge >= 0.3 is 0 Å². The molecule has 8 nitrogen and oxygen atoms in total. The summed E-state index contributed by atoms with van der Waals surface area (Å²) in [6.45, 7) is 5.66. The van der Waals surface area contributed by atoms with Crippen molar-refractivity contribution in [2.24, 2.45) is 0 Å². The lowest BCUT2D eigenvalue weighted by Crippen LogP contribution is -2.43. The van der Waals surface area contributed by atoms with Crippen LogP contribution in [0.25, 0.3) is 0 Å². The first-order chi connectivity index (χ1) is 13.8. The van der Waals surface area contributed by atoms with Crippen molar-refractivity contribution in [1.82, 2.24) is 30.5 Å². The molecule has 0 radical (unpaired) electrons. The number of carbonyl (C=O) groups is 1. The fourth-order valence-corrected chi connectivity index (χ4v) is 3.93. The summed E-state index contributed by atoms with van der Waals surface area (Å²) >= 11 is 0. The van der Waals surface area contributed by atoms with E-state index < -0.39 is 0 Å². The van der Waals surface area contributed by atoms with Crippen molar-refractivity contribution < 1.29 is 9.53 Å². The zero-order valence-corrected chi connectivity index (χ0v) is 16.1. The van der Waals surface area contributed by atoms with E-state index in [1.807, 2.05) is 22.9 Å². The van der Waals surface area contributed by atoms with Crippen LogP contribution in [-0.2, 0) is 4.74 Å². The Hall–Kier alpha value is -2.29. The number of piperidine rings is 1. The molecule has 2 fully saturated rings. The van der Waals surface area contributed by atoms with Gasteiger partial charge in [0, 0.05) is 19.6 Å². The molecule has 1 aromatic carbocycles. The van der Waals surface area contributed by atoms with Gasteiger partial charge in [-0.2, -0.15) is 0 Å². The number of ether oxygens (including phenoxy) is 1. The first-order valence-corrected chi connectivity index (χ1v) is 10.1. The molecule has 2 N–H and O–H groups in total. The molecule has 8 heteroatoms. The highest BCUT2D eigenvalue weighted by atomic mass is 16.5. The predicted molar refractivity (Wildman–Crippen MR) is 105 cm³/mol. The molecule has 2 aliphatic heterocycles. The van der Waals surface area contributed by atoms with Gasteiger partial charge in [0.2, 0.25) is 0 Å². The highest BCUT2D eigenvalue weighted by Gasteiger charge is 2.24. The normalized spacial score (nSPS) is 20.0. The van der Waals surface area contributed by atoms with E-state index >= 15 is 0 Å². The Balaban J connectivity index is 1.40. The molecule has 150 valence electrons. The third kappa shape index (κ3) is 4.57. The van der Waals surface area contributed by atoms with Gasteiger partial charge in [0.25, 0.3) is 5.91 Å². The monoisotopic (exact) mass is 384 g/mol. The van der Waals surface area contributed by atoms with Crippen molar-refractivity contribution in [1.29, 1.82) is 0 Å². The molecule has 1 amide bonds. The summed E-state index contributed by atoms with van der Waals surface area (Å²) < 4.78 is 7.33. The summed E-state index contributed by atoms with van der Waals surface area (Å²) in [4.78, 5) is 15.0. The van der Waals surface area contributed by atoms with Gasteiger partial charge in [-0.05, 0) is 31.5 Å². The number of morpholine rings is 1. The quantitative estimate of drug-likeness (QED) is 0.773. The fraction of sp³-hybridized carbons (Fsp3) is 0.550.